The maximum absolute atomic E-state index is 10.5. The van der Waals surface area contributed by atoms with Crippen molar-refractivity contribution in [2.24, 2.45) is 0 Å². The molecular formula is C11H23NO4S. The van der Waals surface area contributed by atoms with Crippen LogP contribution in [0.4, 0.5) is 0 Å². The van der Waals surface area contributed by atoms with Crippen molar-refractivity contribution >= 4 is 10.1 Å². The molecule has 102 valence electrons. The van der Waals surface area contributed by atoms with Crippen molar-refractivity contribution in [2.45, 2.75) is 19.8 Å². The molecule has 17 heavy (non-hydrogen) atoms. The lowest BCUT2D eigenvalue weighted by molar-refractivity contribution is -0.890. The molecule has 0 aliphatic carbocycles. The van der Waals surface area contributed by atoms with Crippen LogP contribution in [0.2, 0.25) is 0 Å². The van der Waals surface area contributed by atoms with Crippen LogP contribution in [0, 0.1) is 0 Å². The first kappa shape index (κ1) is 16.4. The first-order chi connectivity index (χ1) is 7.77. The van der Waals surface area contributed by atoms with E-state index in [1.807, 2.05) is 27.1 Å². The summed E-state index contributed by atoms with van der Waals surface area (Å²) in [7, 11) is -0.0311. The molecule has 0 saturated heterocycles. The van der Waals surface area contributed by atoms with E-state index in [4.69, 9.17) is 4.74 Å². The number of hydrogen-bond donors (Lipinski definition) is 0. The van der Waals surface area contributed by atoms with Crippen molar-refractivity contribution in [3.8, 4) is 0 Å². The van der Waals surface area contributed by atoms with Crippen LogP contribution >= 0.6 is 0 Å². The van der Waals surface area contributed by atoms with Gasteiger partial charge >= 0.3 is 0 Å². The topological polar surface area (TPSA) is 66.4 Å². The van der Waals surface area contributed by atoms with E-state index < -0.39 is 10.1 Å². The second-order valence-corrected chi connectivity index (χ2v) is 6.22. The van der Waals surface area contributed by atoms with Gasteiger partial charge in [-0.25, -0.2) is 8.42 Å². The molecule has 0 bridgehead atoms. The summed E-state index contributed by atoms with van der Waals surface area (Å²) in [4.78, 5) is 0. The highest BCUT2D eigenvalue weighted by molar-refractivity contribution is 7.85. The van der Waals surface area contributed by atoms with Crippen molar-refractivity contribution in [1.29, 1.82) is 0 Å². The molecule has 0 fully saturated rings. The van der Waals surface area contributed by atoms with E-state index in [-0.39, 0.29) is 5.75 Å². The smallest absolute Gasteiger partial charge is 0.0948 e. The van der Waals surface area contributed by atoms with Gasteiger partial charge in [-0.3, -0.25) is 0 Å². The first-order valence-electron chi connectivity index (χ1n) is 5.75. The summed E-state index contributed by atoms with van der Waals surface area (Å²) in [5.41, 5.74) is 0. The summed E-state index contributed by atoms with van der Waals surface area (Å²) in [6.45, 7) is 4.14. The normalized spacial score (nSPS) is 13.2. The van der Waals surface area contributed by atoms with Crippen LogP contribution in [-0.2, 0) is 14.9 Å². The van der Waals surface area contributed by atoms with Gasteiger partial charge in [-0.15, -0.1) is 0 Å². The lowest BCUT2D eigenvalue weighted by Crippen LogP contribution is -2.42. The molecule has 0 saturated carbocycles. The van der Waals surface area contributed by atoms with Crippen LogP contribution in [0.3, 0.4) is 0 Å². The van der Waals surface area contributed by atoms with Crippen molar-refractivity contribution < 1.29 is 22.2 Å². The summed E-state index contributed by atoms with van der Waals surface area (Å²) in [5, 5.41) is 0. The Labute approximate surface area is 104 Å². The van der Waals surface area contributed by atoms with Gasteiger partial charge in [0.1, 0.15) is 0 Å². The van der Waals surface area contributed by atoms with Gasteiger partial charge in [0.2, 0.25) is 0 Å². The zero-order chi connectivity index (χ0) is 13.4. The molecule has 0 rings (SSSR count). The van der Waals surface area contributed by atoms with Crippen LogP contribution in [0.1, 0.15) is 19.8 Å². The highest BCUT2D eigenvalue weighted by atomic mass is 32.2. The molecule has 0 amide bonds. The minimum Gasteiger partial charge on any atom is -0.748 e. The highest BCUT2D eigenvalue weighted by Crippen LogP contribution is 2.03. The Morgan fingerprint density at radius 3 is 2.35 bits per heavy atom. The lowest BCUT2D eigenvalue weighted by atomic mass is 10.3. The van der Waals surface area contributed by atoms with E-state index in [0.29, 0.717) is 24.1 Å². The maximum atomic E-state index is 10.5. The Morgan fingerprint density at radius 2 is 1.82 bits per heavy atom. The van der Waals surface area contributed by atoms with Gasteiger partial charge in [0.05, 0.1) is 50.2 Å². The Kier molecular flexibility index (Phi) is 7.41. The van der Waals surface area contributed by atoms with Crippen molar-refractivity contribution in [1.82, 2.24) is 0 Å². The predicted molar refractivity (Wildman–Crippen MR) is 66.4 cm³/mol. The monoisotopic (exact) mass is 265 g/mol. The standard InChI is InChI=1S/C11H23NO4S/c1-4-9-16-10-5-7-12(2,3)8-6-11-17(13,14)15/h4,9H,5-8,10-11H2,1-3H3. The van der Waals surface area contributed by atoms with E-state index in [2.05, 4.69) is 0 Å². The van der Waals surface area contributed by atoms with Gasteiger partial charge in [0.15, 0.2) is 0 Å². The predicted octanol–water partition coefficient (Wildman–Crippen LogP) is 0.938. The van der Waals surface area contributed by atoms with Gasteiger partial charge in [0, 0.05) is 18.6 Å². The van der Waals surface area contributed by atoms with Crippen molar-refractivity contribution in [2.75, 3.05) is 39.5 Å². The molecule has 0 aromatic rings. The number of hydrogen-bond acceptors (Lipinski definition) is 4. The van der Waals surface area contributed by atoms with Crippen molar-refractivity contribution in [3.63, 3.8) is 0 Å². The molecule has 0 aliphatic rings. The van der Waals surface area contributed by atoms with Gasteiger partial charge < -0.3 is 13.8 Å². The number of ether oxygens (including phenoxy) is 1. The first-order valence-corrected chi connectivity index (χ1v) is 7.33. The number of rotatable bonds is 9. The molecule has 0 aromatic heterocycles. The van der Waals surface area contributed by atoms with Gasteiger partial charge in [0.25, 0.3) is 0 Å². The van der Waals surface area contributed by atoms with Gasteiger partial charge in [-0.05, 0) is 6.92 Å². The molecule has 0 spiro atoms. The summed E-state index contributed by atoms with van der Waals surface area (Å²) >= 11 is 0. The Morgan fingerprint density at radius 1 is 1.24 bits per heavy atom. The summed E-state index contributed by atoms with van der Waals surface area (Å²) in [6.07, 6.45) is 4.80. The molecule has 6 heteroatoms. The van der Waals surface area contributed by atoms with E-state index in [1.165, 1.54) is 0 Å². The fraction of sp³-hybridized carbons (Fsp3) is 0.818. The average Bonchev–Trinajstić information content (AvgIpc) is 2.14. The maximum Gasteiger partial charge on any atom is 0.0948 e. The van der Waals surface area contributed by atoms with Crippen LogP contribution in [0.25, 0.3) is 0 Å². The highest BCUT2D eigenvalue weighted by Gasteiger charge is 2.14. The van der Waals surface area contributed by atoms with Crippen molar-refractivity contribution in [3.05, 3.63) is 12.3 Å². The summed E-state index contributed by atoms with van der Waals surface area (Å²) in [5.74, 6) is -0.274. The molecular weight excluding hydrogens is 242 g/mol. The summed E-state index contributed by atoms with van der Waals surface area (Å²) < 4.78 is 37.3. The number of nitrogens with zero attached hydrogens (tertiary/aromatic N) is 1. The van der Waals surface area contributed by atoms with E-state index in [1.54, 1.807) is 6.26 Å². The second kappa shape index (κ2) is 7.68. The summed E-state index contributed by atoms with van der Waals surface area (Å²) in [6, 6.07) is 0. The van der Waals surface area contributed by atoms with E-state index in [9.17, 15) is 13.0 Å². The Hall–Kier alpha value is -0.590. The molecule has 0 heterocycles. The third-order valence-electron chi connectivity index (χ3n) is 2.42. The molecule has 0 atom stereocenters. The Balaban J connectivity index is 3.72. The average molecular weight is 265 g/mol. The van der Waals surface area contributed by atoms with Crippen LogP contribution in [0.15, 0.2) is 12.3 Å². The molecule has 0 aliphatic heterocycles. The quantitative estimate of drug-likeness (QED) is 0.269. The molecule has 0 N–H and O–H groups in total. The molecule has 0 aromatic carbocycles. The fourth-order valence-corrected chi connectivity index (χ4v) is 2.00. The van der Waals surface area contributed by atoms with Crippen LogP contribution < -0.4 is 0 Å². The van der Waals surface area contributed by atoms with Gasteiger partial charge in [-0.2, -0.15) is 0 Å². The minimum atomic E-state index is -4.07. The van der Waals surface area contributed by atoms with Gasteiger partial charge in [-0.1, -0.05) is 6.08 Å². The molecule has 0 unspecified atom stereocenters. The molecule has 0 radical (unpaired) electrons. The second-order valence-electron chi connectivity index (χ2n) is 4.69. The third-order valence-corrected chi connectivity index (χ3v) is 3.20. The van der Waals surface area contributed by atoms with Crippen LogP contribution in [-0.4, -0.2) is 57.0 Å². The SMILES string of the molecule is CC=COCCC[N+](C)(C)CCCS(=O)(=O)[O-]. The van der Waals surface area contributed by atoms with Crippen LogP contribution in [0.5, 0.6) is 0 Å². The zero-order valence-corrected chi connectivity index (χ0v) is 11.7. The van der Waals surface area contributed by atoms with E-state index >= 15 is 0 Å². The largest absolute Gasteiger partial charge is 0.748 e. The lowest BCUT2D eigenvalue weighted by Gasteiger charge is -2.29. The molecule has 5 nitrogen and oxygen atoms in total. The number of allylic oxidation sites excluding steroid dienone is 1. The number of quaternary nitrogens is 1. The fourth-order valence-electron chi connectivity index (χ4n) is 1.52. The third kappa shape index (κ3) is 11.7. The zero-order valence-electron chi connectivity index (χ0n) is 10.9. The van der Waals surface area contributed by atoms with E-state index in [0.717, 1.165) is 13.0 Å². The Bertz CT molecular complexity index is 322. The minimum absolute atomic E-state index is 0.274.